The zero-order valence-corrected chi connectivity index (χ0v) is 10.8. The van der Waals surface area contributed by atoms with Gasteiger partial charge in [-0.1, -0.05) is 30.7 Å². The van der Waals surface area contributed by atoms with Gasteiger partial charge in [-0.05, 0) is 43.0 Å². The molecule has 0 bridgehead atoms. The van der Waals surface area contributed by atoms with Crippen LogP contribution in [0.5, 0.6) is 0 Å². The van der Waals surface area contributed by atoms with Gasteiger partial charge >= 0.3 is 0 Å². The molecular formula is C16H19NO. The topological polar surface area (TPSA) is 25.2 Å². The van der Waals surface area contributed by atoms with Crippen molar-refractivity contribution in [1.82, 2.24) is 5.32 Å². The minimum Gasteiger partial charge on any atom is -0.467 e. The molecule has 2 nitrogen and oxygen atoms in total. The molecule has 18 heavy (non-hydrogen) atoms. The van der Waals surface area contributed by atoms with Crippen LogP contribution in [-0.2, 0) is 6.54 Å². The molecule has 1 heterocycles. The van der Waals surface area contributed by atoms with Crippen molar-refractivity contribution in [3.63, 3.8) is 0 Å². The van der Waals surface area contributed by atoms with Crippen LogP contribution in [0.15, 0.2) is 41.0 Å². The van der Waals surface area contributed by atoms with Crippen LogP contribution in [0.2, 0.25) is 0 Å². The Morgan fingerprint density at radius 1 is 1.28 bits per heavy atom. The number of furan rings is 1. The molecule has 1 fully saturated rings. The third-order valence-electron chi connectivity index (χ3n) is 3.86. The molecule has 94 valence electrons. The van der Waals surface area contributed by atoms with Crippen molar-refractivity contribution in [3.8, 4) is 11.1 Å². The molecule has 0 aliphatic heterocycles. The average molecular weight is 241 g/mol. The van der Waals surface area contributed by atoms with Gasteiger partial charge in [-0.2, -0.15) is 0 Å². The third-order valence-corrected chi connectivity index (χ3v) is 3.86. The molecule has 0 unspecified atom stereocenters. The molecule has 3 rings (SSSR count). The molecule has 1 saturated carbocycles. The van der Waals surface area contributed by atoms with Gasteiger partial charge in [0, 0.05) is 5.56 Å². The fraction of sp³-hybridized carbons (Fsp3) is 0.375. The summed E-state index contributed by atoms with van der Waals surface area (Å²) < 4.78 is 5.54. The van der Waals surface area contributed by atoms with E-state index in [1.165, 1.54) is 36.0 Å². The Kier molecular flexibility index (Phi) is 3.20. The van der Waals surface area contributed by atoms with Gasteiger partial charge in [-0.3, -0.25) is 0 Å². The van der Waals surface area contributed by atoms with Crippen LogP contribution in [0.1, 0.15) is 36.5 Å². The van der Waals surface area contributed by atoms with Gasteiger partial charge in [0.25, 0.3) is 0 Å². The van der Waals surface area contributed by atoms with Crippen LogP contribution < -0.4 is 5.32 Å². The lowest BCUT2D eigenvalue weighted by atomic mass is 9.79. The Balaban J connectivity index is 1.92. The Morgan fingerprint density at radius 2 is 2.17 bits per heavy atom. The number of rotatable bonds is 4. The molecule has 0 amide bonds. The fourth-order valence-electron chi connectivity index (χ4n) is 2.60. The summed E-state index contributed by atoms with van der Waals surface area (Å²) in [6.45, 7) is 0.774. The van der Waals surface area contributed by atoms with E-state index in [0.29, 0.717) is 0 Å². The number of hydrogen-bond donors (Lipinski definition) is 1. The summed E-state index contributed by atoms with van der Waals surface area (Å²) in [7, 11) is 1.94. The van der Waals surface area contributed by atoms with Gasteiger partial charge in [0.2, 0.25) is 0 Å². The third kappa shape index (κ3) is 2.08. The van der Waals surface area contributed by atoms with Crippen LogP contribution >= 0.6 is 0 Å². The summed E-state index contributed by atoms with van der Waals surface area (Å²) in [6, 6.07) is 11.0. The first-order chi connectivity index (χ1) is 8.88. The quantitative estimate of drug-likeness (QED) is 0.877. The highest BCUT2D eigenvalue weighted by atomic mass is 16.3. The number of benzene rings is 1. The zero-order valence-electron chi connectivity index (χ0n) is 10.8. The van der Waals surface area contributed by atoms with Crippen molar-refractivity contribution in [1.29, 1.82) is 0 Å². The second-order valence-corrected chi connectivity index (χ2v) is 5.04. The highest BCUT2D eigenvalue weighted by Gasteiger charge is 2.20. The predicted molar refractivity (Wildman–Crippen MR) is 73.5 cm³/mol. The Morgan fingerprint density at radius 3 is 2.89 bits per heavy atom. The highest BCUT2D eigenvalue weighted by molar-refractivity contribution is 5.66. The largest absolute Gasteiger partial charge is 0.467 e. The molecule has 0 radical (unpaired) electrons. The maximum atomic E-state index is 5.54. The smallest absolute Gasteiger partial charge is 0.125 e. The highest BCUT2D eigenvalue weighted by Crippen LogP contribution is 2.38. The summed E-state index contributed by atoms with van der Waals surface area (Å²) in [5, 5.41) is 3.15. The Bertz CT molecular complexity index is 525. The Hall–Kier alpha value is -1.54. The van der Waals surface area contributed by atoms with E-state index < -0.39 is 0 Å². The molecule has 1 aliphatic rings. The van der Waals surface area contributed by atoms with E-state index >= 15 is 0 Å². The van der Waals surface area contributed by atoms with Gasteiger partial charge < -0.3 is 9.73 Å². The summed E-state index contributed by atoms with van der Waals surface area (Å²) in [6.07, 6.45) is 5.85. The lowest BCUT2D eigenvalue weighted by molar-refractivity contribution is 0.420. The van der Waals surface area contributed by atoms with Crippen LogP contribution in [-0.4, -0.2) is 7.05 Å². The van der Waals surface area contributed by atoms with E-state index in [1.54, 1.807) is 6.26 Å². The fourth-order valence-corrected chi connectivity index (χ4v) is 2.60. The molecule has 1 N–H and O–H groups in total. The van der Waals surface area contributed by atoms with E-state index in [9.17, 15) is 0 Å². The first-order valence-corrected chi connectivity index (χ1v) is 6.70. The van der Waals surface area contributed by atoms with Crippen molar-refractivity contribution in [2.75, 3.05) is 7.05 Å². The van der Waals surface area contributed by atoms with Crippen molar-refractivity contribution < 1.29 is 4.42 Å². The lowest BCUT2D eigenvalue weighted by Gasteiger charge is -2.26. The average Bonchev–Trinajstić information content (AvgIpc) is 2.76. The summed E-state index contributed by atoms with van der Waals surface area (Å²) in [5.74, 6) is 1.80. The van der Waals surface area contributed by atoms with E-state index in [2.05, 4.69) is 35.6 Å². The predicted octanol–water partition coefficient (Wildman–Crippen LogP) is 3.93. The van der Waals surface area contributed by atoms with Crippen molar-refractivity contribution in [2.24, 2.45) is 0 Å². The van der Waals surface area contributed by atoms with Crippen molar-refractivity contribution in [2.45, 2.75) is 31.7 Å². The molecule has 1 aliphatic carbocycles. The summed E-state index contributed by atoms with van der Waals surface area (Å²) in [5.41, 5.74) is 3.97. The van der Waals surface area contributed by atoms with Gasteiger partial charge in [0.05, 0.1) is 12.8 Å². The number of nitrogens with one attached hydrogen (secondary N) is 1. The van der Waals surface area contributed by atoms with Crippen LogP contribution in [0.25, 0.3) is 11.1 Å². The molecule has 0 atom stereocenters. The van der Waals surface area contributed by atoms with E-state index in [1.807, 2.05) is 7.05 Å². The standard InChI is InChI=1S/C16H19NO/c1-17-11-16-15(8-9-18-16)14-7-3-6-13(10-14)12-4-2-5-12/h3,6-10,12,17H,2,4-5,11H2,1H3. The first-order valence-electron chi connectivity index (χ1n) is 6.70. The summed E-state index contributed by atoms with van der Waals surface area (Å²) >= 11 is 0. The van der Waals surface area contributed by atoms with Crippen LogP contribution in [0, 0.1) is 0 Å². The van der Waals surface area contributed by atoms with Gasteiger partial charge in [-0.15, -0.1) is 0 Å². The maximum Gasteiger partial charge on any atom is 0.125 e. The second-order valence-electron chi connectivity index (χ2n) is 5.04. The van der Waals surface area contributed by atoms with Crippen LogP contribution in [0.4, 0.5) is 0 Å². The van der Waals surface area contributed by atoms with Crippen molar-refractivity contribution in [3.05, 3.63) is 47.9 Å². The normalized spacial score (nSPS) is 15.6. The van der Waals surface area contributed by atoms with E-state index in [0.717, 1.165) is 18.2 Å². The molecular weight excluding hydrogens is 222 g/mol. The minimum atomic E-state index is 0.774. The van der Waals surface area contributed by atoms with Crippen molar-refractivity contribution >= 4 is 0 Å². The zero-order chi connectivity index (χ0) is 12.4. The van der Waals surface area contributed by atoms with Gasteiger partial charge in [0.15, 0.2) is 0 Å². The molecule has 1 aromatic heterocycles. The monoisotopic (exact) mass is 241 g/mol. The lowest BCUT2D eigenvalue weighted by Crippen LogP contribution is -2.08. The molecule has 0 saturated heterocycles. The Labute approximate surface area is 108 Å². The van der Waals surface area contributed by atoms with Crippen LogP contribution in [0.3, 0.4) is 0 Å². The summed E-state index contributed by atoms with van der Waals surface area (Å²) in [4.78, 5) is 0. The van der Waals surface area contributed by atoms with E-state index in [-0.39, 0.29) is 0 Å². The first kappa shape index (κ1) is 11.5. The van der Waals surface area contributed by atoms with Gasteiger partial charge in [0.1, 0.15) is 5.76 Å². The maximum absolute atomic E-state index is 5.54. The van der Waals surface area contributed by atoms with Gasteiger partial charge in [-0.25, -0.2) is 0 Å². The van der Waals surface area contributed by atoms with E-state index in [4.69, 9.17) is 4.42 Å². The molecule has 2 heteroatoms. The second kappa shape index (κ2) is 4.99. The molecule has 0 spiro atoms. The molecule has 2 aromatic rings. The molecule has 1 aromatic carbocycles. The number of hydrogen-bond acceptors (Lipinski definition) is 2. The minimum absolute atomic E-state index is 0.774. The SMILES string of the molecule is CNCc1occc1-c1cccc(C2CCC2)c1.